The molecule has 0 aromatic heterocycles. The van der Waals surface area contributed by atoms with Crippen LogP contribution < -0.4 is 10.1 Å². The van der Waals surface area contributed by atoms with Gasteiger partial charge < -0.3 is 10.1 Å². The largest absolute Gasteiger partial charge is 0.435 e. The summed E-state index contributed by atoms with van der Waals surface area (Å²) < 4.78 is 27.9. The van der Waals surface area contributed by atoms with Gasteiger partial charge in [0.2, 0.25) is 5.91 Å². The van der Waals surface area contributed by atoms with Crippen molar-refractivity contribution in [1.82, 2.24) is 0 Å². The molecular weight excluding hydrogens is 192 g/mol. The van der Waals surface area contributed by atoms with E-state index in [2.05, 4.69) is 10.1 Å². The first-order valence-electron chi connectivity index (χ1n) is 4.03. The number of halogens is 2. The van der Waals surface area contributed by atoms with Crippen molar-refractivity contribution in [3.63, 3.8) is 0 Å². The molecule has 1 aliphatic rings. The maximum absolute atomic E-state index is 11.8. The Labute approximate surface area is 78.7 Å². The van der Waals surface area contributed by atoms with Crippen LogP contribution in [-0.4, -0.2) is 12.5 Å². The number of fused-ring (bicyclic) bond motifs is 1. The average molecular weight is 199 g/mol. The highest BCUT2D eigenvalue weighted by Crippen LogP contribution is 2.27. The van der Waals surface area contributed by atoms with E-state index in [1.54, 1.807) is 6.07 Å². The van der Waals surface area contributed by atoms with Crippen LogP contribution in [-0.2, 0) is 11.2 Å². The molecule has 1 amide bonds. The van der Waals surface area contributed by atoms with E-state index in [1.807, 2.05) is 0 Å². The number of carbonyl (C=O) groups is 1. The highest BCUT2D eigenvalue weighted by Gasteiger charge is 2.18. The fraction of sp³-hybridized carbons (Fsp3) is 0.222. The molecule has 2 rings (SSSR count). The van der Waals surface area contributed by atoms with Crippen LogP contribution in [0.15, 0.2) is 18.2 Å². The van der Waals surface area contributed by atoms with Gasteiger partial charge in [0.05, 0.1) is 6.42 Å². The summed E-state index contributed by atoms with van der Waals surface area (Å²) in [6, 6.07) is 4.40. The molecule has 74 valence electrons. The minimum atomic E-state index is -2.84. The lowest BCUT2D eigenvalue weighted by atomic mass is 10.1. The van der Waals surface area contributed by atoms with Gasteiger partial charge in [-0.25, -0.2) is 0 Å². The molecule has 0 bridgehead atoms. The number of amides is 1. The fourth-order valence-electron chi connectivity index (χ4n) is 1.38. The number of benzene rings is 1. The summed E-state index contributed by atoms with van der Waals surface area (Å²) in [4.78, 5) is 10.9. The zero-order valence-corrected chi connectivity index (χ0v) is 7.09. The number of carbonyl (C=O) groups excluding carboxylic acids is 1. The van der Waals surface area contributed by atoms with Crippen LogP contribution in [0.3, 0.4) is 0 Å². The number of hydrogen-bond donors (Lipinski definition) is 1. The van der Waals surface area contributed by atoms with E-state index >= 15 is 0 Å². The van der Waals surface area contributed by atoms with Crippen molar-refractivity contribution < 1.29 is 18.3 Å². The van der Waals surface area contributed by atoms with E-state index in [1.165, 1.54) is 12.1 Å². The van der Waals surface area contributed by atoms with Crippen LogP contribution in [0.5, 0.6) is 5.75 Å². The Bertz CT molecular complexity index is 379. The molecule has 1 aromatic carbocycles. The smallest absolute Gasteiger partial charge is 0.387 e. The zero-order valence-electron chi connectivity index (χ0n) is 7.09. The molecule has 0 fully saturated rings. The van der Waals surface area contributed by atoms with Gasteiger partial charge in [-0.1, -0.05) is 0 Å². The van der Waals surface area contributed by atoms with Crippen molar-refractivity contribution in [3.8, 4) is 5.75 Å². The molecule has 14 heavy (non-hydrogen) atoms. The maximum Gasteiger partial charge on any atom is 0.387 e. The van der Waals surface area contributed by atoms with Gasteiger partial charge in [-0.15, -0.1) is 0 Å². The summed E-state index contributed by atoms with van der Waals surface area (Å²) in [6.07, 6.45) is 0.218. The maximum atomic E-state index is 11.8. The van der Waals surface area contributed by atoms with E-state index in [0.29, 0.717) is 11.3 Å². The monoisotopic (exact) mass is 199 g/mol. The van der Waals surface area contributed by atoms with E-state index in [4.69, 9.17) is 0 Å². The van der Waals surface area contributed by atoms with E-state index in [-0.39, 0.29) is 18.1 Å². The van der Waals surface area contributed by atoms with Crippen LogP contribution in [0.4, 0.5) is 14.5 Å². The molecular formula is C9H7F2NO2. The molecule has 1 N–H and O–H groups in total. The van der Waals surface area contributed by atoms with Crippen LogP contribution in [0, 0.1) is 0 Å². The number of alkyl halides is 2. The lowest BCUT2D eigenvalue weighted by Crippen LogP contribution is -2.03. The predicted molar refractivity (Wildman–Crippen MR) is 45.4 cm³/mol. The highest BCUT2D eigenvalue weighted by atomic mass is 19.3. The summed E-state index contributed by atoms with van der Waals surface area (Å²) in [5.41, 5.74) is 1.35. The van der Waals surface area contributed by atoms with Crippen molar-refractivity contribution in [1.29, 1.82) is 0 Å². The second kappa shape index (κ2) is 3.25. The Morgan fingerprint density at radius 1 is 1.43 bits per heavy atom. The average Bonchev–Trinajstić information content (AvgIpc) is 2.42. The van der Waals surface area contributed by atoms with Crippen molar-refractivity contribution in [2.24, 2.45) is 0 Å². The van der Waals surface area contributed by atoms with Crippen molar-refractivity contribution in [2.75, 3.05) is 5.32 Å². The highest BCUT2D eigenvalue weighted by molar-refractivity contribution is 5.99. The predicted octanol–water partition coefficient (Wildman–Crippen LogP) is 1.78. The lowest BCUT2D eigenvalue weighted by molar-refractivity contribution is -0.115. The Balaban J connectivity index is 2.24. The first kappa shape index (κ1) is 8.93. The van der Waals surface area contributed by atoms with Gasteiger partial charge in [-0.05, 0) is 23.8 Å². The minimum Gasteiger partial charge on any atom is -0.435 e. The first-order valence-corrected chi connectivity index (χ1v) is 4.03. The van der Waals surface area contributed by atoms with Gasteiger partial charge in [0.25, 0.3) is 0 Å². The zero-order chi connectivity index (χ0) is 10.1. The summed E-state index contributed by atoms with van der Waals surface area (Å²) >= 11 is 0. The Kier molecular flexibility index (Phi) is 2.07. The van der Waals surface area contributed by atoms with Gasteiger partial charge in [-0.3, -0.25) is 4.79 Å². The molecule has 0 aliphatic carbocycles. The summed E-state index contributed by atoms with van der Waals surface area (Å²) in [6.45, 7) is -2.84. The normalized spacial score (nSPS) is 14.1. The molecule has 0 radical (unpaired) electrons. The molecule has 5 heteroatoms. The van der Waals surface area contributed by atoms with Gasteiger partial charge in [0, 0.05) is 5.69 Å². The van der Waals surface area contributed by atoms with E-state index in [0.717, 1.165) is 0 Å². The fourth-order valence-corrected chi connectivity index (χ4v) is 1.38. The number of hydrogen-bond acceptors (Lipinski definition) is 2. The Hall–Kier alpha value is -1.65. The van der Waals surface area contributed by atoms with Crippen molar-refractivity contribution in [3.05, 3.63) is 23.8 Å². The van der Waals surface area contributed by atoms with E-state index < -0.39 is 6.61 Å². The third-order valence-corrected chi connectivity index (χ3v) is 1.93. The lowest BCUT2D eigenvalue weighted by Gasteiger charge is -2.05. The van der Waals surface area contributed by atoms with Gasteiger partial charge >= 0.3 is 6.61 Å². The molecule has 1 heterocycles. The summed E-state index contributed by atoms with van der Waals surface area (Å²) in [5.74, 6) is -0.0514. The van der Waals surface area contributed by atoms with Gasteiger partial charge in [-0.2, -0.15) is 8.78 Å². The summed E-state index contributed by atoms with van der Waals surface area (Å²) in [5, 5.41) is 2.60. The minimum absolute atomic E-state index is 0.0789. The van der Waals surface area contributed by atoms with Crippen LogP contribution in [0.2, 0.25) is 0 Å². The molecule has 0 saturated carbocycles. The first-order chi connectivity index (χ1) is 6.65. The molecule has 1 aliphatic heterocycles. The second-order valence-electron chi connectivity index (χ2n) is 2.92. The van der Waals surface area contributed by atoms with Gasteiger partial charge in [0.1, 0.15) is 5.75 Å². The van der Waals surface area contributed by atoms with Crippen LogP contribution in [0.1, 0.15) is 5.56 Å². The molecule has 1 aromatic rings. The van der Waals surface area contributed by atoms with E-state index in [9.17, 15) is 13.6 Å². The van der Waals surface area contributed by atoms with Crippen LogP contribution >= 0.6 is 0 Å². The summed E-state index contributed by atoms with van der Waals surface area (Å²) in [7, 11) is 0. The number of ether oxygens (including phenoxy) is 1. The quantitative estimate of drug-likeness (QED) is 0.788. The van der Waals surface area contributed by atoms with Gasteiger partial charge in [0.15, 0.2) is 0 Å². The molecule has 0 saturated heterocycles. The van der Waals surface area contributed by atoms with Crippen molar-refractivity contribution in [2.45, 2.75) is 13.0 Å². The van der Waals surface area contributed by atoms with Crippen molar-refractivity contribution >= 4 is 11.6 Å². The third-order valence-electron chi connectivity index (χ3n) is 1.93. The standard InChI is InChI=1S/C9H7F2NO2/c10-9(11)14-6-1-2-7-5(3-6)4-8(13)12-7/h1-3,9H,4H2,(H,12,13). The molecule has 0 atom stereocenters. The number of nitrogens with one attached hydrogen (secondary N) is 1. The van der Waals surface area contributed by atoms with Crippen LogP contribution in [0.25, 0.3) is 0 Å². The SMILES string of the molecule is O=C1Cc2cc(OC(F)F)ccc2N1. The second-order valence-corrected chi connectivity index (χ2v) is 2.92. The Morgan fingerprint density at radius 2 is 2.21 bits per heavy atom. The Morgan fingerprint density at radius 3 is 2.93 bits per heavy atom. The molecule has 0 unspecified atom stereocenters. The third kappa shape index (κ3) is 1.66. The number of rotatable bonds is 2. The number of anilines is 1. The molecule has 3 nitrogen and oxygen atoms in total. The molecule has 0 spiro atoms. The topological polar surface area (TPSA) is 38.3 Å².